The van der Waals surface area contributed by atoms with E-state index in [2.05, 4.69) is 396 Å². The summed E-state index contributed by atoms with van der Waals surface area (Å²) >= 11 is 0. The fourth-order valence-corrected chi connectivity index (χ4v) is 22.0. The van der Waals surface area contributed by atoms with E-state index in [0.29, 0.717) is 0 Å². The number of pyridine rings is 10. The molecular formula is C120H120N15+5. The van der Waals surface area contributed by atoms with Crippen LogP contribution in [0.25, 0.3) is 192 Å². The SMILES string of the molecule is CCc1ccc2c(c1)c1nccc(C)c1c1n(C)c3cc(CC)ccc3[n+]21.CCc1ccc2c(c1)c1nccc(C)c1c1n2c2c(CC)cccc2[n+]1C.CCc1ccc2c(c1)c1nccc(C)c1c1n2c2cc(CC)ccc2[n+]1C.CCc1ccc2c3nccc(C)c3c3n(c2c1)c1cc(CC)ccc1[n+]3C.CCc1ccc2c3nccc(C)c3c3n(c2c1)c1ccc(CC)cc1[n+]3C. The lowest BCUT2D eigenvalue weighted by Crippen LogP contribution is -2.27. The van der Waals surface area contributed by atoms with Crippen molar-refractivity contribution in [2.24, 2.45) is 35.2 Å². The summed E-state index contributed by atoms with van der Waals surface area (Å²) < 4.78 is 23.8. The second-order valence-electron chi connectivity index (χ2n) is 37.2. The third-order valence-electron chi connectivity index (χ3n) is 29.7. The molecule has 15 heterocycles. The van der Waals surface area contributed by atoms with Gasteiger partial charge in [-0.3, -0.25) is 24.9 Å². The summed E-state index contributed by atoms with van der Waals surface area (Å²) in [6.45, 7) is 33.1. The van der Waals surface area contributed by atoms with Crippen LogP contribution >= 0.6 is 0 Å². The van der Waals surface area contributed by atoms with Crippen molar-refractivity contribution in [2.45, 2.75) is 168 Å². The van der Waals surface area contributed by atoms with Crippen molar-refractivity contribution in [2.75, 3.05) is 0 Å². The first-order valence-corrected chi connectivity index (χ1v) is 48.8. The molecule has 0 fully saturated rings. The Morgan fingerprint density at radius 1 is 0.230 bits per heavy atom. The summed E-state index contributed by atoms with van der Waals surface area (Å²) in [7, 11) is 10.9. The Hall–Kier alpha value is -14.7. The molecule has 0 unspecified atom stereocenters. The maximum absolute atomic E-state index is 4.82. The van der Waals surface area contributed by atoms with E-state index in [1.165, 1.54) is 248 Å². The number of rotatable bonds is 10. The molecule has 0 aliphatic rings. The number of aryl methyl sites for hydroxylation is 20. The first kappa shape index (κ1) is 87.0. The first-order valence-electron chi connectivity index (χ1n) is 48.8. The predicted molar refractivity (Wildman–Crippen MR) is 562 cm³/mol. The van der Waals surface area contributed by atoms with E-state index < -0.39 is 0 Å². The standard InChI is InChI=1S/5C24H24N3/c1-5-16-7-9-19-18(13-16)23-22(15(3)11-12-25-23)24-26(4)21-14-17(6-2)8-10-20(21)27(19)24;1-5-16-7-9-19-18(13-16)23-22(15(3)11-12-25-23)24-26(4)20-10-8-17(6-2)14-21(20)27(19)24;1-5-16-7-9-18-20(13-16)27-19-10-8-17(6-2)14-21(19)26(4)24(27)22-15(3)11-12-25-23(18)22;1-5-16-7-9-18-20(13-16)27-21-14-17(6-2)8-10-19(21)26(4)24(27)22-15(3)11-12-25-23(18)22;1-5-16-10-11-19-18(14-16)22-21(15(3)12-13-25-22)24-26(4)20-9-7-8-17(6-2)23(20)27(19)24/h5*7-14H,5-6H2,1-4H3/q5*+1. The largest absolute Gasteiger partial charge is 0.297 e. The summed E-state index contributed by atoms with van der Waals surface area (Å²) in [5.41, 5.74) is 50.4. The van der Waals surface area contributed by atoms with Gasteiger partial charge in [0.1, 0.15) is 27.6 Å². The van der Waals surface area contributed by atoms with Crippen molar-refractivity contribution in [3.05, 3.63) is 327 Å². The molecule has 135 heavy (non-hydrogen) atoms. The smallest absolute Gasteiger partial charge is 0.255 e. The van der Waals surface area contributed by atoms with Crippen molar-refractivity contribution in [1.82, 2.24) is 47.1 Å². The maximum Gasteiger partial charge on any atom is 0.297 e. The molecule has 0 aliphatic heterocycles. The highest BCUT2D eigenvalue weighted by molar-refractivity contribution is 6.17. The number of fused-ring (bicyclic) bond motifs is 40. The number of benzene rings is 10. The van der Waals surface area contributed by atoms with Crippen LogP contribution in [-0.4, -0.2) is 47.1 Å². The second-order valence-corrected chi connectivity index (χ2v) is 37.2. The molecule has 0 saturated heterocycles. The molecule has 0 spiro atoms. The Morgan fingerprint density at radius 2 is 0.533 bits per heavy atom. The third kappa shape index (κ3) is 13.7. The number of nitrogens with zero attached hydrogens (tertiary/aromatic N) is 15. The van der Waals surface area contributed by atoms with Gasteiger partial charge in [0.05, 0.1) is 89.8 Å². The van der Waals surface area contributed by atoms with Crippen molar-refractivity contribution < 1.29 is 22.7 Å². The second kappa shape index (κ2) is 34.4. The minimum absolute atomic E-state index is 1.02. The number of imidazole rings is 5. The summed E-state index contributed by atoms with van der Waals surface area (Å²) in [5.74, 6) is 0. The number of hydrogen-bond donors (Lipinski definition) is 0. The Balaban J connectivity index is 0.000000101. The number of para-hydroxylation sites is 1. The molecule has 0 saturated carbocycles. The van der Waals surface area contributed by atoms with Gasteiger partial charge in [0.15, 0.2) is 55.2 Å². The minimum Gasteiger partial charge on any atom is -0.255 e. The number of aromatic nitrogens is 15. The zero-order chi connectivity index (χ0) is 93.5. The zero-order valence-electron chi connectivity index (χ0n) is 81.9. The van der Waals surface area contributed by atoms with Gasteiger partial charge in [-0.25, -0.2) is 22.8 Å². The lowest BCUT2D eigenvalue weighted by Gasteiger charge is -2.08. The molecule has 10 aromatic carbocycles. The van der Waals surface area contributed by atoms with Gasteiger partial charge in [0.2, 0.25) is 0 Å². The molecule has 0 amide bonds. The van der Waals surface area contributed by atoms with E-state index in [9.17, 15) is 0 Å². The van der Waals surface area contributed by atoms with Gasteiger partial charge in [0.25, 0.3) is 28.2 Å². The monoisotopic (exact) mass is 1770 g/mol. The van der Waals surface area contributed by atoms with Gasteiger partial charge in [-0.15, -0.1) is 0 Å². The van der Waals surface area contributed by atoms with Crippen molar-refractivity contribution in [3.8, 4) is 0 Å². The van der Waals surface area contributed by atoms with Gasteiger partial charge >= 0.3 is 0 Å². The molecule has 0 bridgehead atoms. The summed E-state index contributed by atoms with van der Waals surface area (Å²) in [5, 5.41) is 12.4. The van der Waals surface area contributed by atoms with Crippen LogP contribution in [0, 0.1) is 34.6 Å². The van der Waals surface area contributed by atoms with Gasteiger partial charge in [0, 0.05) is 63.5 Å². The normalized spacial score (nSPS) is 12.0. The molecule has 25 aromatic rings. The average molecular weight is 1770 g/mol. The van der Waals surface area contributed by atoms with E-state index in [4.69, 9.17) is 24.9 Å². The van der Waals surface area contributed by atoms with E-state index in [1.807, 2.05) is 31.0 Å². The lowest BCUT2D eigenvalue weighted by molar-refractivity contribution is -0.617. The van der Waals surface area contributed by atoms with Crippen LogP contribution in [-0.2, 0) is 99.4 Å². The molecule has 15 aromatic heterocycles. The van der Waals surface area contributed by atoms with E-state index in [0.717, 1.165) is 91.8 Å². The zero-order valence-corrected chi connectivity index (χ0v) is 81.9. The molecular weight excluding hydrogens is 1650 g/mol. The van der Waals surface area contributed by atoms with Crippen LogP contribution in [0.3, 0.4) is 0 Å². The molecule has 0 aliphatic carbocycles. The highest BCUT2D eigenvalue weighted by Crippen LogP contribution is 2.41. The molecule has 15 nitrogen and oxygen atoms in total. The fourth-order valence-electron chi connectivity index (χ4n) is 22.0. The highest BCUT2D eigenvalue weighted by Gasteiger charge is 2.33. The van der Waals surface area contributed by atoms with Crippen LogP contribution in [0.2, 0.25) is 0 Å². The van der Waals surface area contributed by atoms with Gasteiger partial charge in [-0.2, -0.15) is 22.0 Å². The molecule has 15 heteroatoms. The van der Waals surface area contributed by atoms with E-state index >= 15 is 0 Å². The topological polar surface area (TPSA) is 107 Å². The van der Waals surface area contributed by atoms with Crippen LogP contribution in [0.15, 0.2) is 243 Å². The average Bonchev–Trinajstić information content (AvgIpc) is 1.58. The fraction of sp³-hybridized carbons (Fsp3) is 0.250. The van der Waals surface area contributed by atoms with E-state index in [-0.39, 0.29) is 0 Å². The maximum atomic E-state index is 4.82. The van der Waals surface area contributed by atoms with E-state index in [1.54, 1.807) is 0 Å². The Morgan fingerprint density at radius 3 is 0.963 bits per heavy atom. The van der Waals surface area contributed by atoms with Crippen LogP contribution < -0.4 is 22.7 Å². The number of hydrogen-bond acceptors (Lipinski definition) is 5. The highest BCUT2D eigenvalue weighted by atomic mass is 15.2. The molecule has 670 valence electrons. The van der Waals surface area contributed by atoms with Crippen molar-refractivity contribution in [1.29, 1.82) is 0 Å². The van der Waals surface area contributed by atoms with Crippen molar-refractivity contribution >= 4 is 192 Å². The Labute approximate surface area is 787 Å². The molecule has 0 radical (unpaired) electrons. The van der Waals surface area contributed by atoms with Gasteiger partial charge < -0.3 is 0 Å². The quantitative estimate of drug-likeness (QED) is 0.100. The van der Waals surface area contributed by atoms with Crippen LogP contribution in [0.4, 0.5) is 0 Å². The lowest BCUT2D eigenvalue weighted by atomic mass is 10.0. The summed E-state index contributed by atoms with van der Waals surface area (Å²) in [6.07, 6.45) is 20.0. The van der Waals surface area contributed by atoms with Crippen molar-refractivity contribution in [3.63, 3.8) is 0 Å². The summed E-state index contributed by atoms with van der Waals surface area (Å²) in [4.78, 5) is 24.0. The van der Waals surface area contributed by atoms with Gasteiger partial charge in [-0.05, 0) is 322 Å². The molecule has 0 N–H and O–H groups in total. The van der Waals surface area contributed by atoms with Crippen LogP contribution in [0.5, 0.6) is 0 Å². The predicted octanol–water partition coefficient (Wildman–Crippen LogP) is 25.3. The third-order valence-corrected chi connectivity index (χ3v) is 29.7. The Bertz CT molecular complexity index is 9170. The van der Waals surface area contributed by atoms with Gasteiger partial charge in [-0.1, -0.05) is 136 Å². The van der Waals surface area contributed by atoms with Crippen LogP contribution in [0.1, 0.15) is 153 Å². The minimum atomic E-state index is 1.02. The summed E-state index contributed by atoms with van der Waals surface area (Å²) in [6, 6.07) is 78.8. The molecule has 25 rings (SSSR count). The molecule has 0 atom stereocenters. The Kier molecular flexibility index (Phi) is 22.2. The first-order chi connectivity index (χ1) is 65.7.